The number of anilines is 1. The number of aromatic nitrogens is 6. The van der Waals surface area contributed by atoms with Crippen molar-refractivity contribution in [3.05, 3.63) is 193 Å². The monoisotopic (exact) mass is 1100 g/mol. The maximum absolute atomic E-state index is 13.1. The molecule has 2 N–H and O–H groups in total. The molecule has 0 atom stereocenters. The van der Waals surface area contributed by atoms with Crippen molar-refractivity contribution in [1.82, 2.24) is 39.4 Å². The predicted octanol–water partition coefficient (Wildman–Crippen LogP) is 11.8. The maximum atomic E-state index is 13.1. The molecule has 4 fully saturated rings. The molecule has 2 spiro atoms. The van der Waals surface area contributed by atoms with Gasteiger partial charge in [-0.2, -0.15) is 0 Å². The van der Waals surface area contributed by atoms with Gasteiger partial charge in [0.05, 0.1) is 21.4 Å². The van der Waals surface area contributed by atoms with Gasteiger partial charge in [-0.15, -0.1) is 0 Å². The number of imidazole rings is 2. The van der Waals surface area contributed by atoms with Crippen molar-refractivity contribution in [2.45, 2.75) is 83.6 Å². The lowest BCUT2D eigenvalue weighted by molar-refractivity contribution is 0.0362. The van der Waals surface area contributed by atoms with Gasteiger partial charge in [0.1, 0.15) is 22.7 Å². The number of pyridine rings is 4. The fraction of sp³-hybridized carbons (Fsp3) is 0.333. The molecule has 14 heteroatoms. The summed E-state index contributed by atoms with van der Waals surface area (Å²) in [5.41, 5.74) is 11.8. The summed E-state index contributed by atoms with van der Waals surface area (Å²) >= 11 is 14.5. The lowest BCUT2D eigenvalue weighted by atomic mass is 9.56. The van der Waals surface area contributed by atoms with Crippen molar-refractivity contribution >= 4 is 74.5 Å². The first-order chi connectivity index (χ1) is 34.5. The highest BCUT2D eigenvalue weighted by Crippen LogP contribution is 2.57. The number of hydrogen-bond donors (Lipinski definition) is 2. The summed E-state index contributed by atoms with van der Waals surface area (Å²) in [5.74, 6) is 1.42. The summed E-state index contributed by atoms with van der Waals surface area (Å²) in [6.07, 6.45) is 19.1. The van der Waals surface area contributed by atoms with Gasteiger partial charge in [-0.25, -0.2) is 9.97 Å². The van der Waals surface area contributed by atoms with Crippen LogP contribution >= 0.6 is 45.8 Å². The lowest BCUT2D eigenvalue weighted by Crippen LogP contribution is -2.61. The highest BCUT2D eigenvalue weighted by atomic mass is 127. The molecular formula is C57H58Cl2IN9O2. The van der Waals surface area contributed by atoms with Gasteiger partial charge >= 0.3 is 0 Å². The van der Waals surface area contributed by atoms with Crippen LogP contribution in [0.4, 0.5) is 5.69 Å². The van der Waals surface area contributed by atoms with Crippen LogP contribution in [0.3, 0.4) is 0 Å². The smallest absolute Gasteiger partial charge is 0.270 e. The molecule has 6 aromatic heterocycles. The number of fused-ring (bicyclic) bond motifs is 2. The predicted molar refractivity (Wildman–Crippen MR) is 291 cm³/mol. The van der Waals surface area contributed by atoms with Gasteiger partial charge in [0.15, 0.2) is 5.78 Å². The van der Waals surface area contributed by atoms with Crippen LogP contribution in [0.25, 0.3) is 11.3 Å². The second kappa shape index (κ2) is 21.2. The average Bonchev–Trinajstić information content (AvgIpc) is 3.90. The fourth-order valence-corrected chi connectivity index (χ4v) is 11.6. The fourth-order valence-electron chi connectivity index (χ4n) is 10.9. The molecule has 364 valence electrons. The van der Waals surface area contributed by atoms with Gasteiger partial charge in [-0.1, -0.05) is 73.4 Å². The Balaban J connectivity index is 0.000000137. The number of halogens is 3. The van der Waals surface area contributed by atoms with Gasteiger partial charge in [-0.3, -0.25) is 28.4 Å². The zero-order valence-corrected chi connectivity index (χ0v) is 43.8. The number of carbonyl (C=O) groups is 2. The number of ketones is 1. The molecule has 2 aliphatic heterocycles. The summed E-state index contributed by atoms with van der Waals surface area (Å²) in [6.45, 7) is 9.25. The third kappa shape index (κ3) is 10.8. The van der Waals surface area contributed by atoms with Crippen LogP contribution in [0.15, 0.2) is 134 Å². The summed E-state index contributed by atoms with van der Waals surface area (Å²) in [4.78, 5) is 45.8. The zero-order valence-electron chi connectivity index (χ0n) is 40.1. The van der Waals surface area contributed by atoms with Crippen LogP contribution in [0, 0.1) is 14.4 Å². The molecule has 11 nitrogen and oxygen atoms in total. The normalized spacial score (nSPS) is 17.3. The standard InChI is InChI=1S/C29H29ClN4O.C17H15ClIN3O.C11H14N2/c1-2-25-28(34-17-23(30)8-12-27(34)32-25)26(35)11-7-20-5-9-24(10-6-20)33-18-29(19-33)14-22(15-29)21-4-3-13-31-16-21;1-2-14-16(22-10-12(18)5-8-15(22)21-14)17(23)20-9-11-3-6-13(19)7-4-11;1-2-9(6-12-3-1)10-4-11(5-10)7-13-8-11/h3-6,8-10,12-13,16-17,22H,2,7,11,14-15,18-19H2,1H3;3-8,10H,2,9H2,1H3,(H,20,23);1-3,6,10,13H,4-5,7-8H2. The Bertz CT molecular complexity index is 3140. The number of aryl methyl sites for hydroxylation is 3. The number of nitrogens with zero attached hydrogens (tertiary/aromatic N) is 7. The van der Waals surface area contributed by atoms with E-state index in [2.05, 4.69) is 94.5 Å². The van der Waals surface area contributed by atoms with Crippen LogP contribution in [0.2, 0.25) is 10.0 Å². The van der Waals surface area contributed by atoms with Gasteiger partial charge in [0.25, 0.3) is 5.91 Å². The van der Waals surface area contributed by atoms with E-state index in [-0.39, 0.29) is 11.7 Å². The number of hydrogen-bond acceptors (Lipinski definition) is 8. The summed E-state index contributed by atoms with van der Waals surface area (Å²) in [7, 11) is 0. The summed E-state index contributed by atoms with van der Waals surface area (Å²) in [6, 6.07) is 32.6. The van der Waals surface area contributed by atoms with Crippen molar-refractivity contribution in [1.29, 1.82) is 0 Å². The largest absolute Gasteiger partial charge is 0.370 e. The summed E-state index contributed by atoms with van der Waals surface area (Å²) in [5, 5.41) is 7.50. The van der Waals surface area contributed by atoms with Crippen molar-refractivity contribution in [2.24, 2.45) is 10.8 Å². The van der Waals surface area contributed by atoms with Crippen LogP contribution in [0.5, 0.6) is 0 Å². The van der Waals surface area contributed by atoms with Crippen LogP contribution in [-0.2, 0) is 25.8 Å². The highest BCUT2D eigenvalue weighted by molar-refractivity contribution is 14.1. The molecule has 2 saturated heterocycles. The number of amides is 1. The van der Waals surface area contributed by atoms with Crippen LogP contribution in [0.1, 0.15) is 112 Å². The van der Waals surface area contributed by atoms with Crippen molar-refractivity contribution < 1.29 is 9.59 Å². The van der Waals surface area contributed by atoms with E-state index in [9.17, 15) is 9.59 Å². The Kier molecular flexibility index (Phi) is 14.6. The molecule has 2 aliphatic carbocycles. The Morgan fingerprint density at radius 3 is 1.75 bits per heavy atom. The number of benzene rings is 2. The SMILES string of the molecule is CCc1nc2ccc(Cl)cn2c1C(=O)CCc1ccc(N2CC3(CC(c4cccnc4)C3)C2)cc1.CCc1nc2ccc(Cl)cn2c1C(=O)NCc1ccc(I)cc1.c1cncc(C2CC3(CNC3)C2)c1. The number of nitrogens with one attached hydrogen (secondary N) is 2. The third-order valence-electron chi connectivity index (χ3n) is 14.8. The molecule has 0 radical (unpaired) electrons. The molecule has 4 aliphatic rings. The minimum absolute atomic E-state index is 0.110. The first-order valence-corrected chi connectivity index (χ1v) is 26.6. The minimum Gasteiger partial charge on any atom is -0.370 e. The molecule has 2 saturated carbocycles. The van der Waals surface area contributed by atoms with Crippen LogP contribution in [-0.4, -0.2) is 66.6 Å². The summed E-state index contributed by atoms with van der Waals surface area (Å²) < 4.78 is 4.76. The van der Waals surface area contributed by atoms with Crippen LogP contribution < -0.4 is 15.5 Å². The van der Waals surface area contributed by atoms with Crippen molar-refractivity contribution in [2.75, 3.05) is 31.1 Å². The van der Waals surface area contributed by atoms with E-state index in [1.807, 2.05) is 97.6 Å². The lowest BCUT2D eigenvalue weighted by Gasteiger charge is -2.60. The minimum atomic E-state index is -0.143. The van der Waals surface area contributed by atoms with Gasteiger partial charge in [-0.05, 0) is 168 Å². The first-order valence-electron chi connectivity index (χ1n) is 24.7. The van der Waals surface area contributed by atoms with Gasteiger partial charge < -0.3 is 15.5 Å². The first kappa shape index (κ1) is 48.9. The quantitative estimate of drug-likeness (QED) is 0.0916. The molecule has 8 aromatic rings. The molecular weight excluding hydrogens is 1040 g/mol. The van der Waals surface area contributed by atoms with E-state index in [1.165, 1.54) is 64.7 Å². The molecule has 0 bridgehead atoms. The Morgan fingerprint density at radius 2 is 1.23 bits per heavy atom. The molecule has 1 amide bonds. The molecule has 12 rings (SSSR count). The van der Waals surface area contributed by atoms with E-state index >= 15 is 0 Å². The third-order valence-corrected chi connectivity index (χ3v) is 16.0. The Morgan fingerprint density at radius 1 is 0.690 bits per heavy atom. The number of carbonyl (C=O) groups excluding carboxylic acids is 2. The van der Waals surface area contributed by atoms with Gasteiger partial charge in [0.2, 0.25) is 0 Å². The zero-order chi connectivity index (χ0) is 49.1. The van der Waals surface area contributed by atoms with E-state index in [1.54, 1.807) is 22.9 Å². The second-order valence-corrected chi connectivity index (χ2v) is 21.9. The molecule has 2 aromatic carbocycles. The highest BCUT2D eigenvalue weighted by Gasteiger charge is 2.52. The van der Waals surface area contributed by atoms with Crippen molar-refractivity contribution in [3.8, 4) is 0 Å². The Hall–Kier alpha value is -5.67. The Labute approximate surface area is 439 Å². The van der Waals surface area contributed by atoms with E-state index in [0.717, 1.165) is 53.7 Å². The number of Topliss-reactive ketones (excluding diaryl/α,β-unsaturated/α-hetero) is 1. The van der Waals surface area contributed by atoms with E-state index in [0.29, 0.717) is 64.0 Å². The molecule has 71 heavy (non-hydrogen) atoms. The number of rotatable bonds is 12. The van der Waals surface area contributed by atoms with Crippen molar-refractivity contribution in [3.63, 3.8) is 0 Å². The second-order valence-electron chi connectivity index (χ2n) is 19.8. The van der Waals surface area contributed by atoms with Gasteiger partial charge in [0, 0.05) is 91.0 Å². The molecule has 0 unspecified atom stereocenters. The maximum Gasteiger partial charge on any atom is 0.270 e. The average molecular weight is 1100 g/mol. The van der Waals surface area contributed by atoms with E-state index in [4.69, 9.17) is 23.2 Å². The molecule has 8 heterocycles. The van der Waals surface area contributed by atoms with E-state index < -0.39 is 0 Å². The topological polar surface area (TPSA) is 122 Å².